The van der Waals surface area contributed by atoms with Crippen LogP contribution in [0.3, 0.4) is 0 Å². The zero-order valence-corrected chi connectivity index (χ0v) is 16.6. The molecular weight excluding hydrogens is 334 g/mol. The summed E-state index contributed by atoms with van der Waals surface area (Å²) in [5.74, 6) is -0.985. The Hall–Kier alpha value is -2.16. The molecule has 1 unspecified atom stereocenters. The second-order valence-electron chi connectivity index (χ2n) is 7.41. The average Bonchev–Trinajstić information content (AvgIpc) is 2.70. The largest absolute Gasteiger partial charge is 0.481 e. The van der Waals surface area contributed by atoms with E-state index in [4.69, 9.17) is 0 Å². The van der Waals surface area contributed by atoms with Crippen LogP contribution in [0.4, 0.5) is 0 Å². The predicted octanol–water partition coefficient (Wildman–Crippen LogP) is 5.74. The van der Waals surface area contributed by atoms with Gasteiger partial charge in [0.15, 0.2) is 12.4 Å². The topological polar surface area (TPSA) is 41.2 Å². The first kappa shape index (κ1) is 21.1. The van der Waals surface area contributed by atoms with Gasteiger partial charge in [-0.15, -0.1) is 0 Å². The second kappa shape index (κ2) is 12.3. The molecule has 146 valence electrons. The SMILES string of the molecule is CCCCCCCCCCC(Cc1ccccc1-[n+]1ccccc1)C(=O)O. The van der Waals surface area contributed by atoms with Crippen LogP contribution in [-0.2, 0) is 11.2 Å². The van der Waals surface area contributed by atoms with Gasteiger partial charge in [0.2, 0.25) is 5.69 Å². The van der Waals surface area contributed by atoms with E-state index in [1.54, 1.807) is 0 Å². The van der Waals surface area contributed by atoms with E-state index in [2.05, 4.69) is 23.6 Å². The number of hydrogen-bond donors (Lipinski definition) is 1. The molecule has 0 bridgehead atoms. The van der Waals surface area contributed by atoms with Gasteiger partial charge in [-0.1, -0.05) is 82.6 Å². The lowest BCUT2D eigenvalue weighted by Crippen LogP contribution is -2.31. The standard InChI is InChI=1S/C24H33NO2/c1-2-3-4-5-6-7-8-10-16-22(24(26)27)20-21-15-11-12-17-23(21)25-18-13-9-14-19-25/h9,11-15,17-19,22H,2-8,10,16,20H2,1H3/p+1. The molecule has 3 nitrogen and oxygen atoms in total. The van der Waals surface area contributed by atoms with Crippen LogP contribution >= 0.6 is 0 Å². The van der Waals surface area contributed by atoms with E-state index in [0.29, 0.717) is 6.42 Å². The van der Waals surface area contributed by atoms with Gasteiger partial charge >= 0.3 is 5.97 Å². The van der Waals surface area contributed by atoms with Crippen molar-refractivity contribution in [3.63, 3.8) is 0 Å². The third-order valence-corrected chi connectivity index (χ3v) is 5.21. The van der Waals surface area contributed by atoms with Crippen molar-refractivity contribution < 1.29 is 14.5 Å². The maximum absolute atomic E-state index is 11.8. The van der Waals surface area contributed by atoms with Crippen LogP contribution < -0.4 is 4.57 Å². The van der Waals surface area contributed by atoms with Crippen molar-refractivity contribution in [2.45, 2.75) is 71.1 Å². The van der Waals surface area contributed by atoms with Gasteiger partial charge < -0.3 is 5.11 Å². The number of carbonyl (C=O) groups is 1. The number of benzene rings is 1. The van der Waals surface area contributed by atoms with Crippen LogP contribution in [0, 0.1) is 5.92 Å². The van der Waals surface area contributed by atoms with Gasteiger partial charge in [-0.05, 0) is 12.8 Å². The van der Waals surface area contributed by atoms with E-state index in [1.807, 2.05) is 42.7 Å². The molecule has 3 heteroatoms. The number of carboxylic acid groups (broad SMARTS) is 1. The van der Waals surface area contributed by atoms with E-state index >= 15 is 0 Å². The van der Waals surface area contributed by atoms with Crippen molar-refractivity contribution >= 4 is 5.97 Å². The smallest absolute Gasteiger partial charge is 0.306 e. The first-order valence-corrected chi connectivity index (χ1v) is 10.5. The zero-order valence-electron chi connectivity index (χ0n) is 16.6. The molecule has 0 aliphatic heterocycles. The molecule has 0 spiro atoms. The lowest BCUT2D eigenvalue weighted by atomic mass is 9.92. The number of para-hydroxylation sites is 1. The second-order valence-corrected chi connectivity index (χ2v) is 7.41. The number of nitrogens with zero attached hydrogens (tertiary/aromatic N) is 1. The Labute approximate surface area is 164 Å². The zero-order chi connectivity index (χ0) is 19.3. The third kappa shape index (κ3) is 7.54. The summed E-state index contributed by atoms with van der Waals surface area (Å²) < 4.78 is 2.06. The van der Waals surface area contributed by atoms with Gasteiger partial charge in [0, 0.05) is 23.8 Å². The van der Waals surface area contributed by atoms with E-state index in [1.165, 1.54) is 38.5 Å². The molecule has 0 aliphatic rings. The molecule has 2 rings (SSSR count). The fraction of sp³-hybridized carbons (Fsp3) is 0.500. The molecule has 1 heterocycles. The average molecular weight is 369 g/mol. The van der Waals surface area contributed by atoms with Gasteiger partial charge in [0.05, 0.1) is 5.92 Å². The summed E-state index contributed by atoms with van der Waals surface area (Å²) in [4.78, 5) is 11.8. The number of unbranched alkanes of at least 4 members (excludes halogenated alkanes) is 7. The summed E-state index contributed by atoms with van der Waals surface area (Å²) in [7, 11) is 0. The molecule has 0 saturated carbocycles. The Balaban J connectivity index is 1.87. The first-order chi connectivity index (χ1) is 13.2. The Bertz CT molecular complexity index is 669. The molecule has 0 aliphatic carbocycles. The van der Waals surface area contributed by atoms with Crippen LogP contribution in [0.1, 0.15) is 70.3 Å². The third-order valence-electron chi connectivity index (χ3n) is 5.21. The highest BCUT2D eigenvalue weighted by Crippen LogP contribution is 2.20. The Morgan fingerprint density at radius 2 is 1.52 bits per heavy atom. The summed E-state index contributed by atoms with van der Waals surface area (Å²) in [5.41, 5.74) is 2.17. The lowest BCUT2D eigenvalue weighted by Gasteiger charge is -2.13. The summed E-state index contributed by atoms with van der Waals surface area (Å²) in [6.07, 6.45) is 15.3. The highest BCUT2D eigenvalue weighted by Gasteiger charge is 2.21. The minimum absolute atomic E-state index is 0.310. The fourth-order valence-corrected chi connectivity index (χ4v) is 3.60. The van der Waals surface area contributed by atoms with Crippen molar-refractivity contribution in [2.75, 3.05) is 0 Å². The maximum atomic E-state index is 11.8. The number of pyridine rings is 1. The quantitative estimate of drug-likeness (QED) is 0.362. The van der Waals surface area contributed by atoms with E-state index in [0.717, 1.165) is 30.5 Å². The summed E-state index contributed by atoms with van der Waals surface area (Å²) in [6, 6.07) is 14.1. The molecule has 1 aromatic heterocycles. The number of hydrogen-bond acceptors (Lipinski definition) is 1. The molecule has 2 aromatic rings. The highest BCUT2D eigenvalue weighted by atomic mass is 16.4. The minimum atomic E-state index is -0.675. The first-order valence-electron chi connectivity index (χ1n) is 10.5. The molecule has 0 saturated heterocycles. The highest BCUT2D eigenvalue weighted by molar-refractivity contribution is 5.70. The molecule has 1 N–H and O–H groups in total. The molecule has 27 heavy (non-hydrogen) atoms. The normalized spacial score (nSPS) is 12.0. The van der Waals surface area contributed by atoms with Crippen molar-refractivity contribution in [3.05, 3.63) is 60.4 Å². The van der Waals surface area contributed by atoms with E-state index in [-0.39, 0.29) is 5.92 Å². The molecule has 0 radical (unpaired) electrons. The van der Waals surface area contributed by atoms with Crippen LogP contribution in [0.25, 0.3) is 5.69 Å². The van der Waals surface area contributed by atoms with Crippen molar-refractivity contribution in [1.82, 2.24) is 0 Å². The Morgan fingerprint density at radius 1 is 0.889 bits per heavy atom. The van der Waals surface area contributed by atoms with Crippen LogP contribution in [0.15, 0.2) is 54.9 Å². The van der Waals surface area contributed by atoms with Gasteiger partial charge in [-0.3, -0.25) is 4.79 Å². The number of rotatable bonds is 13. The van der Waals surface area contributed by atoms with Gasteiger partial charge in [0.1, 0.15) is 0 Å². The van der Waals surface area contributed by atoms with Crippen molar-refractivity contribution in [1.29, 1.82) is 0 Å². The van der Waals surface area contributed by atoms with Crippen LogP contribution in [0.5, 0.6) is 0 Å². The summed E-state index contributed by atoms with van der Waals surface area (Å²) in [5, 5.41) is 9.69. The molecule has 1 aromatic carbocycles. The van der Waals surface area contributed by atoms with E-state index < -0.39 is 5.97 Å². The molecule has 0 fully saturated rings. The van der Waals surface area contributed by atoms with Crippen LogP contribution in [-0.4, -0.2) is 11.1 Å². The van der Waals surface area contributed by atoms with Crippen molar-refractivity contribution in [2.24, 2.45) is 5.92 Å². The fourth-order valence-electron chi connectivity index (χ4n) is 3.60. The maximum Gasteiger partial charge on any atom is 0.306 e. The van der Waals surface area contributed by atoms with Gasteiger partial charge in [-0.25, -0.2) is 0 Å². The predicted molar refractivity (Wildman–Crippen MR) is 110 cm³/mol. The lowest BCUT2D eigenvalue weighted by molar-refractivity contribution is -0.596. The van der Waals surface area contributed by atoms with Gasteiger partial charge in [0.25, 0.3) is 0 Å². The van der Waals surface area contributed by atoms with Crippen LogP contribution in [0.2, 0.25) is 0 Å². The summed E-state index contributed by atoms with van der Waals surface area (Å²) >= 11 is 0. The number of carboxylic acids is 1. The van der Waals surface area contributed by atoms with E-state index in [9.17, 15) is 9.90 Å². The number of aromatic nitrogens is 1. The number of aliphatic carboxylic acids is 1. The summed E-state index contributed by atoms with van der Waals surface area (Å²) in [6.45, 7) is 2.24. The minimum Gasteiger partial charge on any atom is -0.481 e. The molecule has 1 atom stereocenters. The monoisotopic (exact) mass is 368 g/mol. The Kier molecular flexibility index (Phi) is 9.61. The van der Waals surface area contributed by atoms with Gasteiger partial charge in [-0.2, -0.15) is 4.57 Å². The molecule has 0 amide bonds. The Morgan fingerprint density at radius 3 is 2.19 bits per heavy atom. The van der Waals surface area contributed by atoms with Crippen molar-refractivity contribution in [3.8, 4) is 5.69 Å². The molecular formula is C24H34NO2+.